The van der Waals surface area contributed by atoms with Gasteiger partial charge in [0.05, 0.1) is 20.8 Å². The zero-order valence-corrected chi connectivity index (χ0v) is 15.4. The molecule has 5 heteroatoms. The number of rotatable bonds is 9. The summed E-state index contributed by atoms with van der Waals surface area (Å²) in [6.07, 6.45) is 1.84. The molecule has 25 heavy (non-hydrogen) atoms. The van der Waals surface area contributed by atoms with Crippen molar-refractivity contribution in [3.8, 4) is 17.2 Å². The van der Waals surface area contributed by atoms with Gasteiger partial charge in [0.1, 0.15) is 12.4 Å². The van der Waals surface area contributed by atoms with Crippen LogP contribution in [0.4, 0.5) is 0 Å². The zero-order chi connectivity index (χ0) is 18.1. The van der Waals surface area contributed by atoms with E-state index in [1.807, 2.05) is 62.8 Å². The summed E-state index contributed by atoms with van der Waals surface area (Å²) in [5, 5.41) is 0. The molecule has 0 aliphatic rings. The van der Waals surface area contributed by atoms with Crippen LogP contribution in [0.3, 0.4) is 0 Å². The van der Waals surface area contributed by atoms with Crippen molar-refractivity contribution in [3.05, 3.63) is 53.6 Å². The quantitative estimate of drug-likeness (QED) is 0.656. The van der Waals surface area contributed by atoms with Crippen LogP contribution in [0.1, 0.15) is 11.1 Å². The second kappa shape index (κ2) is 9.69. The van der Waals surface area contributed by atoms with Gasteiger partial charge in [-0.3, -0.25) is 4.99 Å². The lowest BCUT2D eigenvalue weighted by Gasteiger charge is -2.11. The number of nitrogens with zero attached hydrogens (tertiary/aromatic N) is 2. The molecule has 0 saturated carbocycles. The summed E-state index contributed by atoms with van der Waals surface area (Å²) in [6, 6.07) is 13.8. The molecule has 0 aliphatic heterocycles. The predicted molar refractivity (Wildman–Crippen MR) is 101 cm³/mol. The van der Waals surface area contributed by atoms with E-state index in [1.54, 1.807) is 14.2 Å². The second-order valence-corrected chi connectivity index (χ2v) is 5.88. The Bertz CT molecular complexity index is 682. The van der Waals surface area contributed by atoms with Crippen molar-refractivity contribution in [2.75, 3.05) is 41.5 Å². The lowest BCUT2D eigenvalue weighted by molar-refractivity contribution is 0.261. The van der Waals surface area contributed by atoms with E-state index in [-0.39, 0.29) is 0 Å². The Morgan fingerprint density at radius 2 is 1.68 bits per heavy atom. The molecule has 0 atom stereocenters. The minimum absolute atomic E-state index is 0.617. The maximum atomic E-state index is 5.69. The van der Waals surface area contributed by atoms with Crippen LogP contribution in [0, 0.1) is 0 Å². The minimum Gasteiger partial charge on any atom is -0.493 e. The molecule has 0 N–H and O–H groups in total. The molecule has 134 valence electrons. The second-order valence-electron chi connectivity index (χ2n) is 5.88. The van der Waals surface area contributed by atoms with Crippen LogP contribution in [-0.2, 0) is 6.54 Å². The largest absolute Gasteiger partial charge is 0.493 e. The van der Waals surface area contributed by atoms with Crippen LogP contribution in [0.15, 0.2) is 47.5 Å². The Labute approximate surface area is 149 Å². The predicted octanol–water partition coefficient (Wildman–Crippen LogP) is 3.26. The fraction of sp³-hybridized carbons (Fsp3) is 0.350. The number of ether oxygens (including phenoxy) is 3. The van der Waals surface area contributed by atoms with E-state index in [0.29, 0.717) is 24.7 Å². The summed E-state index contributed by atoms with van der Waals surface area (Å²) in [6.45, 7) is 2.20. The van der Waals surface area contributed by atoms with E-state index in [0.717, 1.165) is 23.4 Å². The number of likely N-dealkylation sites (N-methyl/N-ethyl adjacent to an activating group) is 1. The van der Waals surface area contributed by atoms with Crippen LogP contribution in [0.25, 0.3) is 0 Å². The molecule has 0 unspecified atom stereocenters. The molecule has 0 amide bonds. The average molecular weight is 342 g/mol. The summed E-state index contributed by atoms with van der Waals surface area (Å²) in [5.41, 5.74) is 2.11. The monoisotopic (exact) mass is 342 g/mol. The van der Waals surface area contributed by atoms with E-state index < -0.39 is 0 Å². The van der Waals surface area contributed by atoms with Gasteiger partial charge in [0.15, 0.2) is 11.5 Å². The summed E-state index contributed by atoms with van der Waals surface area (Å²) in [7, 11) is 7.31. The van der Waals surface area contributed by atoms with Gasteiger partial charge in [-0.25, -0.2) is 0 Å². The van der Waals surface area contributed by atoms with Gasteiger partial charge in [0, 0.05) is 12.8 Å². The first-order valence-electron chi connectivity index (χ1n) is 8.20. The van der Waals surface area contributed by atoms with Crippen LogP contribution >= 0.6 is 0 Å². The maximum Gasteiger partial charge on any atom is 0.161 e. The molecule has 0 aromatic heterocycles. The average Bonchev–Trinajstić information content (AvgIpc) is 2.62. The first kappa shape index (κ1) is 18.8. The molecule has 2 rings (SSSR count). The number of hydrogen-bond acceptors (Lipinski definition) is 5. The van der Waals surface area contributed by atoms with E-state index in [1.165, 1.54) is 0 Å². The molecule has 0 fully saturated rings. The Kier molecular flexibility index (Phi) is 7.29. The summed E-state index contributed by atoms with van der Waals surface area (Å²) in [5.74, 6) is 2.30. The van der Waals surface area contributed by atoms with Gasteiger partial charge in [0.2, 0.25) is 0 Å². The van der Waals surface area contributed by atoms with Crippen molar-refractivity contribution in [2.45, 2.75) is 6.54 Å². The van der Waals surface area contributed by atoms with Crippen LogP contribution in [-0.4, -0.2) is 52.6 Å². The molecule has 2 aromatic rings. The van der Waals surface area contributed by atoms with Gasteiger partial charge in [0.25, 0.3) is 0 Å². The standard InChI is InChI=1S/C20H26N2O3/c1-22(2)11-12-25-18-8-5-16(6-9-18)14-21-15-17-7-10-19(23-3)20(13-17)24-4/h5-10,13,15H,11-12,14H2,1-4H3. The molecule has 0 heterocycles. The fourth-order valence-corrected chi connectivity index (χ4v) is 2.23. The SMILES string of the molecule is COc1ccc(C=NCc2ccc(OCCN(C)C)cc2)cc1OC. The van der Waals surface area contributed by atoms with Gasteiger partial charge >= 0.3 is 0 Å². The van der Waals surface area contributed by atoms with Gasteiger partial charge in [-0.05, 0) is 55.6 Å². The highest BCUT2D eigenvalue weighted by Crippen LogP contribution is 2.26. The fourth-order valence-electron chi connectivity index (χ4n) is 2.23. The Balaban J connectivity index is 1.89. The maximum absolute atomic E-state index is 5.69. The van der Waals surface area contributed by atoms with Crippen molar-refractivity contribution >= 4 is 6.21 Å². The molecule has 0 spiro atoms. The van der Waals surface area contributed by atoms with Crippen molar-refractivity contribution in [3.63, 3.8) is 0 Å². The highest BCUT2D eigenvalue weighted by atomic mass is 16.5. The van der Waals surface area contributed by atoms with Gasteiger partial charge in [-0.1, -0.05) is 12.1 Å². The minimum atomic E-state index is 0.617. The summed E-state index contributed by atoms with van der Waals surface area (Å²) >= 11 is 0. The Hall–Kier alpha value is -2.53. The molecular weight excluding hydrogens is 316 g/mol. The van der Waals surface area contributed by atoms with Crippen LogP contribution < -0.4 is 14.2 Å². The van der Waals surface area contributed by atoms with Crippen molar-refractivity contribution in [1.82, 2.24) is 4.90 Å². The highest BCUT2D eigenvalue weighted by molar-refractivity contribution is 5.80. The van der Waals surface area contributed by atoms with Gasteiger partial charge < -0.3 is 19.1 Å². The summed E-state index contributed by atoms with van der Waals surface area (Å²) in [4.78, 5) is 6.58. The third-order valence-electron chi connectivity index (χ3n) is 3.65. The number of aliphatic imine (C=N–C) groups is 1. The van der Waals surface area contributed by atoms with Gasteiger partial charge in [-0.2, -0.15) is 0 Å². The van der Waals surface area contributed by atoms with Crippen LogP contribution in [0.2, 0.25) is 0 Å². The van der Waals surface area contributed by atoms with Gasteiger partial charge in [-0.15, -0.1) is 0 Å². The molecule has 0 aliphatic carbocycles. The Morgan fingerprint density at radius 3 is 2.32 bits per heavy atom. The molecule has 0 radical (unpaired) electrons. The molecule has 0 saturated heterocycles. The third-order valence-corrected chi connectivity index (χ3v) is 3.65. The Morgan fingerprint density at radius 1 is 0.960 bits per heavy atom. The number of hydrogen-bond donors (Lipinski definition) is 0. The van der Waals surface area contributed by atoms with Crippen molar-refractivity contribution in [1.29, 1.82) is 0 Å². The molecular formula is C20H26N2O3. The van der Waals surface area contributed by atoms with Crippen molar-refractivity contribution < 1.29 is 14.2 Å². The third kappa shape index (κ3) is 6.12. The lowest BCUT2D eigenvalue weighted by atomic mass is 10.2. The zero-order valence-electron chi connectivity index (χ0n) is 15.4. The smallest absolute Gasteiger partial charge is 0.161 e. The topological polar surface area (TPSA) is 43.3 Å². The van der Waals surface area contributed by atoms with Crippen molar-refractivity contribution in [2.24, 2.45) is 4.99 Å². The van der Waals surface area contributed by atoms with E-state index >= 15 is 0 Å². The first-order valence-corrected chi connectivity index (χ1v) is 8.20. The highest BCUT2D eigenvalue weighted by Gasteiger charge is 2.03. The summed E-state index contributed by atoms with van der Waals surface area (Å²) < 4.78 is 16.2. The van der Waals surface area contributed by atoms with E-state index in [2.05, 4.69) is 9.89 Å². The number of benzene rings is 2. The van der Waals surface area contributed by atoms with E-state index in [9.17, 15) is 0 Å². The molecule has 5 nitrogen and oxygen atoms in total. The van der Waals surface area contributed by atoms with E-state index in [4.69, 9.17) is 14.2 Å². The number of methoxy groups -OCH3 is 2. The lowest BCUT2D eigenvalue weighted by Crippen LogP contribution is -2.19. The molecule has 0 bridgehead atoms. The normalized spacial score (nSPS) is 11.1. The molecule has 2 aromatic carbocycles. The first-order chi connectivity index (χ1) is 12.1. The van der Waals surface area contributed by atoms with Crippen LogP contribution in [0.5, 0.6) is 17.2 Å².